The van der Waals surface area contributed by atoms with Crippen molar-refractivity contribution in [2.24, 2.45) is 11.1 Å². The van der Waals surface area contributed by atoms with Crippen molar-refractivity contribution in [1.82, 2.24) is 4.90 Å². The predicted octanol–water partition coefficient (Wildman–Crippen LogP) is 2.99. The lowest BCUT2D eigenvalue weighted by Gasteiger charge is -2.42. The first kappa shape index (κ1) is 21.0. The lowest BCUT2D eigenvalue weighted by Crippen LogP contribution is -2.54. The number of hydrogen-bond acceptors (Lipinski definition) is 4. The van der Waals surface area contributed by atoms with Crippen LogP contribution in [-0.2, 0) is 4.74 Å². The fourth-order valence-electron chi connectivity index (χ4n) is 2.75. The summed E-state index contributed by atoms with van der Waals surface area (Å²) in [6, 6.07) is 5.21. The summed E-state index contributed by atoms with van der Waals surface area (Å²) in [5.41, 5.74) is 6.53. The average molecular weight is 377 g/mol. The Bertz CT molecular complexity index is 567. The van der Waals surface area contributed by atoms with Gasteiger partial charge in [0.15, 0.2) is 0 Å². The van der Waals surface area contributed by atoms with Crippen molar-refractivity contribution in [1.29, 1.82) is 0 Å². The second-order valence-electron chi connectivity index (χ2n) is 6.59. The molecule has 0 saturated carbocycles. The molecule has 1 aromatic carbocycles. The van der Waals surface area contributed by atoms with Crippen molar-refractivity contribution in [3.05, 3.63) is 28.8 Å². The molecule has 1 atom stereocenters. The van der Waals surface area contributed by atoms with Crippen LogP contribution in [0, 0.1) is 5.41 Å². The Labute approximate surface area is 154 Å². The van der Waals surface area contributed by atoms with Gasteiger partial charge in [0.25, 0.3) is 5.91 Å². The number of carbonyl (C=O) groups is 1. The first-order valence-corrected chi connectivity index (χ1v) is 8.19. The minimum atomic E-state index is -0.108. The first-order valence-electron chi connectivity index (χ1n) is 7.81. The van der Waals surface area contributed by atoms with Gasteiger partial charge in [-0.1, -0.05) is 25.4 Å². The quantitative estimate of drug-likeness (QED) is 0.802. The van der Waals surface area contributed by atoms with E-state index in [-0.39, 0.29) is 29.8 Å². The van der Waals surface area contributed by atoms with Gasteiger partial charge >= 0.3 is 0 Å². The number of hydrogen-bond donors (Lipinski definition) is 1. The number of nitrogens with two attached hydrogens (primary N) is 1. The molecule has 0 bridgehead atoms. The molecular formula is C17H26Cl2N2O3. The van der Waals surface area contributed by atoms with Crippen LogP contribution in [-0.4, -0.2) is 50.3 Å². The molecule has 7 heteroatoms. The number of carbonyl (C=O) groups excluding carboxylic acids is 1. The van der Waals surface area contributed by atoms with Crippen molar-refractivity contribution < 1.29 is 14.3 Å². The van der Waals surface area contributed by atoms with E-state index in [1.165, 1.54) is 0 Å². The molecule has 0 spiro atoms. The van der Waals surface area contributed by atoms with Crippen LogP contribution < -0.4 is 10.5 Å². The molecule has 1 aromatic rings. The van der Waals surface area contributed by atoms with Crippen LogP contribution in [0.1, 0.15) is 30.6 Å². The molecule has 24 heavy (non-hydrogen) atoms. The van der Waals surface area contributed by atoms with E-state index >= 15 is 0 Å². The van der Waals surface area contributed by atoms with E-state index in [0.717, 1.165) is 6.42 Å². The third-order valence-electron chi connectivity index (χ3n) is 4.32. The van der Waals surface area contributed by atoms with Gasteiger partial charge in [-0.3, -0.25) is 4.79 Å². The normalized spacial score (nSPS) is 19.5. The maximum Gasteiger partial charge on any atom is 0.257 e. The van der Waals surface area contributed by atoms with Gasteiger partial charge in [0.1, 0.15) is 12.4 Å². The first-order chi connectivity index (χ1) is 10.8. The number of piperidine rings is 1. The Morgan fingerprint density at radius 1 is 1.42 bits per heavy atom. The summed E-state index contributed by atoms with van der Waals surface area (Å²) in [4.78, 5) is 14.7. The summed E-state index contributed by atoms with van der Waals surface area (Å²) < 4.78 is 10.6. The Morgan fingerprint density at radius 2 is 2.12 bits per heavy atom. The van der Waals surface area contributed by atoms with Crippen LogP contribution in [0.15, 0.2) is 18.2 Å². The Morgan fingerprint density at radius 3 is 2.75 bits per heavy atom. The third-order valence-corrected chi connectivity index (χ3v) is 4.55. The zero-order valence-electron chi connectivity index (χ0n) is 14.4. The molecule has 136 valence electrons. The number of ether oxygens (including phenoxy) is 2. The number of benzene rings is 1. The Hall–Kier alpha value is -1.01. The van der Waals surface area contributed by atoms with Crippen LogP contribution in [0.4, 0.5) is 0 Å². The van der Waals surface area contributed by atoms with Crippen LogP contribution in [0.2, 0.25) is 5.02 Å². The van der Waals surface area contributed by atoms with E-state index in [9.17, 15) is 4.79 Å². The summed E-state index contributed by atoms with van der Waals surface area (Å²) >= 11 is 6.07. The van der Waals surface area contributed by atoms with Gasteiger partial charge in [0.05, 0.1) is 12.2 Å². The number of methoxy groups -OCH3 is 1. The summed E-state index contributed by atoms with van der Waals surface area (Å²) in [6.45, 7) is 6.29. The molecule has 0 aromatic heterocycles. The fourth-order valence-corrected chi connectivity index (χ4v) is 2.92. The van der Waals surface area contributed by atoms with Gasteiger partial charge in [0.2, 0.25) is 0 Å². The average Bonchev–Trinajstić information content (AvgIpc) is 2.51. The van der Waals surface area contributed by atoms with Gasteiger partial charge in [-0.25, -0.2) is 0 Å². The van der Waals surface area contributed by atoms with Crippen LogP contribution >= 0.6 is 24.0 Å². The van der Waals surface area contributed by atoms with Crippen LogP contribution in [0.3, 0.4) is 0 Å². The molecule has 1 heterocycles. The van der Waals surface area contributed by atoms with Crippen molar-refractivity contribution in [2.45, 2.75) is 26.3 Å². The van der Waals surface area contributed by atoms with E-state index in [1.807, 2.05) is 4.90 Å². The lowest BCUT2D eigenvalue weighted by atomic mass is 9.79. The highest BCUT2D eigenvalue weighted by molar-refractivity contribution is 6.31. The fraction of sp³-hybridized carbons (Fsp3) is 0.588. The van der Waals surface area contributed by atoms with Gasteiger partial charge < -0.3 is 20.1 Å². The maximum absolute atomic E-state index is 12.9. The monoisotopic (exact) mass is 376 g/mol. The maximum atomic E-state index is 12.9. The van der Waals surface area contributed by atoms with E-state index < -0.39 is 0 Å². The highest BCUT2D eigenvalue weighted by Crippen LogP contribution is 2.31. The van der Waals surface area contributed by atoms with Crippen LogP contribution in [0.25, 0.3) is 0 Å². The van der Waals surface area contributed by atoms with Gasteiger partial charge in [-0.2, -0.15) is 0 Å². The summed E-state index contributed by atoms with van der Waals surface area (Å²) in [7, 11) is 1.61. The third kappa shape index (κ3) is 4.99. The molecule has 1 amide bonds. The molecule has 1 fully saturated rings. The number of rotatable bonds is 5. The molecule has 2 N–H and O–H groups in total. The summed E-state index contributed by atoms with van der Waals surface area (Å²) in [6.07, 6.45) is 0.791. The zero-order valence-corrected chi connectivity index (χ0v) is 16.0. The van der Waals surface area contributed by atoms with Crippen molar-refractivity contribution in [3.8, 4) is 5.75 Å². The molecule has 5 nitrogen and oxygen atoms in total. The molecule has 0 radical (unpaired) electrons. The number of amides is 1. The summed E-state index contributed by atoms with van der Waals surface area (Å²) in [5, 5.41) is 0.514. The largest absolute Gasteiger partial charge is 0.490 e. The number of nitrogens with zero attached hydrogens (tertiary/aromatic N) is 1. The molecule has 1 aliphatic heterocycles. The van der Waals surface area contributed by atoms with Gasteiger partial charge in [-0.15, -0.1) is 12.4 Å². The van der Waals surface area contributed by atoms with Crippen LogP contribution in [0.5, 0.6) is 5.75 Å². The highest BCUT2D eigenvalue weighted by atomic mass is 35.5. The van der Waals surface area contributed by atoms with Crippen molar-refractivity contribution in [2.75, 3.05) is 33.4 Å². The zero-order chi connectivity index (χ0) is 17.0. The van der Waals surface area contributed by atoms with Gasteiger partial charge in [-0.05, 0) is 30.0 Å². The molecule has 1 aliphatic rings. The minimum Gasteiger partial charge on any atom is -0.490 e. The topological polar surface area (TPSA) is 64.8 Å². The number of likely N-dealkylation sites (tertiary alicyclic amines) is 1. The molecular weight excluding hydrogens is 351 g/mol. The second kappa shape index (κ2) is 8.90. The standard InChI is InChI=1S/C17H25ClN2O3.ClH/c1-17(2)11-20(7-6-15(17)19)16(21)13-10-12(18)4-5-14(13)23-9-8-22-3;/h4-5,10,15H,6-9,11,19H2,1-3H3;1H. The molecule has 2 rings (SSSR count). The predicted molar refractivity (Wildman–Crippen MR) is 98.3 cm³/mol. The van der Waals surface area contributed by atoms with E-state index in [1.54, 1.807) is 25.3 Å². The SMILES string of the molecule is COCCOc1ccc(Cl)cc1C(=O)N1CCC(N)C(C)(C)C1.Cl. The lowest BCUT2D eigenvalue weighted by molar-refractivity contribution is 0.0527. The Kier molecular flexibility index (Phi) is 7.80. The van der Waals surface area contributed by atoms with Gasteiger partial charge in [0, 0.05) is 31.3 Å². The highest BCUT2D eigenvalue weighted by Gasteiger charge is 2.36. The number of halogens is 2. The Balaban J connectivity index is 0.00000288. The molecule has 0 aliphatic carbocycles. The minimum absolute atomic E-state index is 0. The van der Waals surface area contributed by atoms with E-state index in [4.69, 9.17) is 26.8 Å². The van der Waals surface area contributed by atoms with E-state index in [0.29, 0.717) is 42.6 Å². The molecule has 1 saturated heterocycles. The van der Waals surface area contributed by atoms with E-state index in [2.05, 4.69) is 13.8 Å². The molecule has 1 unspecified atom stereocenters. The summed E-state index contributed by atoms with van der Waals surface area (Å²) in [5.74, 6) is 0.462. The van der Waals surface area contributed by atoms with Crippen molar-refractivity contribution in [3.63, 3.8) is 0 Å². The van der Waals surface area contributed by atoms with Crippen molar-refractivity contribution >= 4 is 29.9 Å². The second-order valence-corrected chi connectivity index (χ2v) is 7.03. The smallest absolute Gasteiger partial charge is 0.257 e.